The third-order valence-electron chi connectivity index (χ3n) is 5.93. The Morgan fingerprint density at radius 2 is 1.55 bits per heavy atom. The van der Waals surface area contributed by atoms with Crippen LogP contribution in [-0.4, -0.2) is 17.6 Å². The summed E-state index contributed by atoms with van der Waals surface area (Å²) in [6.07, 6.45) is 0. The lowest BCUT2D eigenvalue weighted by Gasteiger charge is -2.26. The molecule has 4 aromatic rings. The highest BCUT2D eigenvalue weighted by Crippen LogP contribution is 2.38. The molecule has 0 aliphatic rings. The van der Waals surface area contributed by atoms with Gasteiger partial charge >= 0.3 is 5.97 Å². The Hall–Kier alpha value is -3.11. The molecule has 0 unspecified atom stereocenters. The molecule has 33 heavy (non-hydrogen) atoms. The van der Waals surface area contributed by atoms with Gasteiger partial charge < -0.3 is 9.30 Å². The van der Waals surface area contributed by atoms with E-state index < -0.39 is 0 Å². The number of methoxy groups -OCH3 is 1. The fraction of sp³-hybridized carbons (Fsp3) is 0.207. The second-order valence-corrected chi connectivity index (χ2v) is 10.1. The van der Waals surface area contributed by atoms with E-state index >= 15 is 0 Å². The standard InChI is InChI=1S/C29H28BrNO2/c1-19-24(28(32)33-5)18-27(22-12-9-13-23(30)16-22)31(19)26-15-14-21(17-25(26)29(2,3)4)20-10-7-6-8-11-20/h6-18H,1-5H3. The molecule has 0 fully saturated rings. The summed E-state index contributed by atoms with van der Waals surface area (Å²) >= 11 is 3.59. The van der Waals surface area contributed by atoms with E-state index in [0.29, 0.717) is 5.56 Å². The minimum absolute atomic E-state index is 0.114. The quantitative estimate of drug-likeness (QED) is 0.265. The molecule has 3 aromatic carbocycles. The molecular formula is C29H28BrNO2. The van der Waals surface area contributed by atoms with Gasteiger partial charge in [-0.05, 0) is 64.9 Å². The van der Waals surface area contributed by atoms with Gasteiger partial charge in [0.05, 0.1) is 18.4 Å². The highest BCUT2D eigenvalue weighted by molar-refractivity contribution is 9.10. The van der Waals surface area contributed by atoms with Crippen LogP contribution in [0.2, 0.25) is 0 Å². The first kappa shape index (κ1) is 23.1. The number of hydrogen-bond donors (Lipinski definition) is 0. The number of rotatable bonds is 4. The van der Waals surface area contributed by atoms with E-state index in [1.54, 1.807) is 0 Å². The van der Waals surface area contributed by atoms with Gasteiger partial charge in [-0.25, -0.2) is 4.79 Å². The molecule has 3 nitrogen and oxygen atoms in total. The number of ether oxygens (including phenoxy) is 1. The normalized spacial score (nSPS) is 11.5. The average Bonchev–Trinajstić information content (AvgIpc) is 3.15. The number of nitrogens with zero attached hydrogens (tertiary/aromatic N) is 1. The number of carbonyl (C=O) groups excluding carboxylic acids is 1. The highest BCUT2D eigenvalue weighted by Gasteiger charge is 2.25. The second kappa shape index (κ2) is 9.03. The van der Waals surface area contributed by atoms with Gasteiger partial charge in [0.2, 0.25) is 0 Å². The monoisotopic (exact) mass is 501 g/mol. The Bertz CT molecular complexity index is 1310. The van der Waals surface area contributed by atoms with Gasteiger partial charge in [-0.3, -0.25) is 0 Å². The minimum atomic E-state index is -0.333. The predicted molar refractivity (Wildman–Crippen MR) is 139 cm³/mol. The van der Waals surface area contributed by atoms with Crippen molar-refractivity contribution >= 4 is 21.9 Å². The van der Waals surface area contributed by atoms with Crippen LogP contribution in [0.3, 0.4) is 0 Å². The van der Waals surface area contributed by atoms with Crippen LogP contribution in [0.4, 0.5) is 0 Å². The maximum absolute atomic E-state index is 12.6. The van der Waals surface area contributed by atoms with Crippen molar-refractivity contribution in [3.63, 3.8) is 0 Å². The Morgan fingerprint density at radius 1 is 0.848 bits per heavy atom. The molecule has 0 N–H and O–H groups in total. The topological polar surface area (TPSA) is 31.2 Å². The Morgan fingerprint density at radius 3 is 2.18 bits per heavy atom. The molecule has 0 saturated heterocycles. The van der Waals surface area contributed by atoms with Crippen molar-refractivity contribution in [2.45, 2.75) is 33.1 Å². The van der Waals surface area contributed by atoms with Gasteiger partial charge in [-0.2, -0.15) is 0 Å². The largest absolute Gasteiger partial charge is 0.465 e. The zero-order valence-corrected chi connectivity index (χ0v) is 21.2. The summed E-state index contributed by atoms with van der Waals surface area (Å²) in [6.45, 7) is 8.64. The summed E-state index contributed by atoms with van der Waals surface area (Å²) in [6, 6.07) is 27.1. The first-order valence-electron chi connectivity index (χ1n) is 11.0. The van der Waals surface area contributed by atoms with Crippen molar-refractivity contribution < 1.29 is 9.53 Å². The predicted octanol–water partition coefficient (Wildman–Crippen LogP) is 7.97. The number of benzene rings is 3. The fourth-order valence-electron chi connectivity index (χ4n) is 4.24. The van der Waals surface area contributed by atoms with Crippen molar-refractivity contribution in [2.75, 3.05) is 7.11 Å². The molecule has 0 saturated carbocycles. The van der Waals surface area contributed by atoms with E-state index in [1.807, 2.05) is 31.2 Å². The lowest BCUT2D eigenvalue weighted by molar-refractivity contribution is 0.0600. The third-order valence-corrected chi connectivity index (χ3v) is 6.42. The molecule has 1 heterocycles. The third kappa shape index (κ3) is 4.53. The van der Waals surface area contributed by atoms with Crippen LogP contribution in [0.5, 0.6) is 0 Å². The number of aromatic nitrogens is 1. The molecule has 168 valence electrons. The van der Waals surface area contributed by atoms with E-state index in [-0.39, 0.29) is 11.4 Å². The van der Waals surface area contributed by atoms with Crippen LogP contribution in [0.25, 0.3) is 28.1 Å². The second-order valence-electron chi connectivity index (χ2n) is 9.21. The Balaban J connectivity index is 2.02. The summed E-state index contributed by atoms with van der Waals surface area (Å²) in [5.41, 5.74) is 7.90. The average molecular weight is 502 g/mol. The van der Waals surface area contributed by atoms with Crippen LogP contribution < -0.4 is 0 Å². The molecule has 0 aliphatic carbocycles. The molecule has 0 atom stereocenters. The molecule has 0 radical (unpaired) electrons. The van der Waals surface area contributed by atoms with Crippen molar-refractivity contribution in [1.29, 1.82) is 0 Å². The van der Waals surface area contributed by atoms with Gasteiger partial charge in [0.25, 0.3) is 0 Å². The maximum atomic E-state index is 12.6. The molecule has 0 bridgehead atoms. The molecular weight excluding hydrogens is 474 g/mol. The minimum Gasteiger partial charge on any atom is -0.465 e. The zero-order valence-electron chi connectivity index (χ0n) is 19.6. The van der Waals surface area contributed by atoms with E-state index in [2.05, 4.69) is 95.9 Å². The summed E-state index contributed by atoms with van der Waals surface area (Å²) in [7, 11) is 1.42. The molecule has 4 rings (SSSR count). The lowest BCUT2D eigenvalue weighted by Crippen LogP contribution is -2.16. The molecule has 4 heteroatoms. The van der Waals surface area contributed by atoms with E-state index in [9.17, 15) is 4.79 Å². The molecule has 1 aromatic heterocycles. The van der Waals surface area contributed by atoms with Crippen LogP contribution >= 0.6 is 15.9 Å². The summed E-state index contributed by atoms with van der Waals surface area (Å²) in [5.74, 6) is -0.333. The van der Waals surface area contributed by atoms with E-state index in [1.165, 1.54) is 23.8 Å². The Kier molecular flexibility index (Phi) is 6.31. The van der Waals surface area contributed by atoms with Gasteiger partial charge in [-0.15, -0.1) is 0 Å². The van der Waals surface area contributed by atoms with Crippen LogP contribution in [-0.2, 0) is 10.2 Å². The van der Waals surface area contributed by atoms with Crippen molar-refractivity contribution in [2.24, 2.45) is 0 Å². The SMILES string of the molecule is COC(=O)c1cc(-c2cccc(Br)c2)n(-c2ccc(-c3ccccc3)cc2C(C)(C)C)c1C. The molecule has 0 spiro atoms. The smallest absolute Gasteiger partial charge is 0.339 e. The molecule has 0 amide bonds. The Labute approximate surface area is 204 Å². The number of esters is 1. The number of carbonyl (C=O) groups is 1. The first-order valence-corrected chi connectivity index (χ1v) is 11.8. The number of halogens is 1. The maximum Gasteiger partial charge on any atom is 0.339 e. The first-order chi connectivity index (χ1) is 15.7. The van der Waals surface area contributed by atoms with Gasteiger partial charge in [0, 0.05) is 15.9 Å². The zero-order chi connectivity index (χ0) is 23.8. The summed E-state index contributed by atoms with van der Waals surface area (Å²) < 4.78 is 8.26. The van der Waals surface area contributed by atoms with Crippen molar-refractivity contribution in [3.05, 3.63) is 100 Å². The van der Waals surface area contributed by atoms with Crippen LogP contribution in [0.15, 0.2) is 83.3 Å². The van der Waals surface area contributed by atoms with Crippen LogP contribution in [0.1, 0.15) is 42.4 Å². The van der Waals surface area contributed by atoms with E-state index in [0.717, 1.165) is 27.1 Å². The van der Waals surface area contributed by atoms with E-state index in [4.69, 9.17) is 4.74 Å². The fourth-order valence-corrected chi connectivity index (χ4v) is 4.64. The summed E-state index contributed by atoms with van der Waals surface area (Å²) in [5, 5.41) is 0. The highest BCUT2D eigenvalue weighted by atomic mass is 79.9. The van der Waals surface area contributed by atoms with Gasteiger partial charge in [0.1, 0.15) is 0 Å². The lowest BCUT2D eigenvalue weighted by atomic mass is 9.83. The summed E-state index contributed by atoms with van der Waals surface area (Å²) in [4.78, 5) is 12.6. The van der Waals surface area contributed by atoms with Crippen LogP contribution in [0, 0.1) is 6.92 Å². The van der Waals surface area contributed by atoms with Crippen molar-refractivity contribution in [1.82, 2.24) is 4.57 Å². The van der Waals surface area contributed by atoms with Gasteiger partial charge in [-0.1, -0.05) is 85.2 Å². The molecule has 0 aliphatic heterocycles. The number of hydrogen-bond acceptors (Lipinski definition) is 2. The van der Waals surface area contributed by atoms with Crippen molar-refractivity contribution in [3.8, 4) is 28.1 Å². The van der Waals surface area contributed by atoms with Gasteiger partial charge in [0.15, 0.2) is 0 Å².